The molecule has 9 heteroatoms. The van der Waals surface area contributed by atoms with Gasteiger partial charge in [0.15, 0.2) is 0 Å². The molecule has 0 bridgehead atoms. The first-order chi connectivity index (χ1) is 12.7. The van der Waals surface area contributed by atoms with Crippen LogP contribution >= 0.6 is 11.5 Å². The van der Waals surface area contributed by atoms with Crippen LogP contribution in [0.15, 0.2) is 6.07 Å². The zero-order chi connectivity index (χ0) is 18.4. The van der Waals surface area contributed by atoms with Crippen molar-refractivity contribution in [3.63, 3.8) is 0 Å². The van der Waals surface area contributed by atoms with E-state index in [0.717, 1.165) is 54.7 Å². The number of carbonyl (C=O) groups excluding carboxylic acids is 1. The molecule has 0 radical (unpaired) electrons. The number of nitrogens with one attached hydrogen (secondary N) is 2. The number of hydrogen-bond acceptors (Lipinski definition) is 8. The molecule has 140 valence electrons. The molecule has 1 fully saturated rings. The van der Waals surface area contributed by atoms with Gasteiger partial charge >= 0.3 is 0 Å². The average Bonchev–Trinajstić information content (AvgIpc) is 3.30. The molecule has 0 spiro atoms. The Balaban J connectivity index is 1.50. The van der Waals surface area contributed by atoms with Gasteiger partial charge < -0.3 is 15.5 Å². The number of rotatable bonds is 8. The number of anilines is 2. The fourth-order valence-electron chi connectivity index (χ4n) is 2.95. The molecular weight excluding hydrogens is 350 g/mol. The minimum atomic E-state index is -0.117. The van der Waals surface area contributed by atoms with Crippen molar-refractivity contribution in [2.24, 2.45) is 0 Å². The highest BCUT2D eigenvalue weighted by Gasteiger charge is 2.16. The second-order valence-electron chi connectivity index (χ2n) is 6.37. The van der Waals surface area contributed by atoms with Crippen molar-refractivity contribution in [1.29, 1.82) is 0 Å². The van der Waals surface area contributed by atoms with E-state index in [0.29, 0.717) is 23.9 Å². The number of carbonyl (C=O) groups is 1. The van der Waals surface area contributed by atoms with E-state index >= 15 is 0 Å². The van der Waals surface area contributed by atoms with Gasteiger partial charge in [-0.2, -0.15) is 4.98 Å². The molecule has 1 aliphatic rings. The second-order valence-corrected chi connectivity index (χ2v) is 7.12. The third-order valence-corrected chi connectivity index (χ3v) is 4.98. The predicted octanol–water partition coefficient (Wildman–Crippen LogP) is 2.03. The summed E-state index contributed by atoms with van der Waals surface area (Å²) in [6.45, 7) is 7.18. The quantitative estimate of drug-likeness (QED) is 0.682. The molecule has 0 atom stereocenters. The molecule has 2 N–H and O–H groups in total. The summed E-state index contributed by atoms with van der Waals surface area (Å²) in [7, 11) is 0. The molecular formula is C17H25N7OS. The van der Waals surface area contributed by atoms with Crippen molar-refractivity contribution in [3.05, 3.63) is 22.3 Å². The third-order valence-electron chi connectivity index (χ3n) is 4.21. The monoisotopic (exact) mass is 375 g/mol. The number of amides is 1. The van der Waals surface area contributed by atoms with Crippen LogP contribution in [0, 0.1) is 6.92 Å². The Morgan fingerprint density at radius 3 is 2.85 bits per heavy atom. The largest absolute Gasteiger partial charge is 0.356 e. The minimum absolute atomic E-state index is 0.117. The third kappa shape index (κ3) is 4.66. The van der Waals surface area contributed by atoms with E-state index in [-0.39, 0.29) is 5.91 Å². The van der Waals surface area contributed by atoms with E-state index in [1.807, 2.05) is 13.0 Å². The van der Waals surface area contributed by atoms with Gasteiger partial charge in [-0.25, -0.2) is 4.98 Å². The van der Waals surface area contributed by atoms with E-state index in [1.165, 1.54) is 12.8 Å². The van der Waals surface area contributed by atoms with Crippen molar-refractivity contribution in [1.82, 2.24) is 24.9 Å². The van der Waals surface area contributed by atoms with Crippen LogP contribution in [0.1, 0.15) is 47.2 Å². The molecule has 8 nitrogen and oxygen atoms in total. The Hall–Kier alpha value is -2.29. The number of hydrogen-bond donors (Lipinski definition) is 2. The van der Waals surface area contributed by atoms with Gasteiger partial charge in [0.2, 0.25) is 5.95 Å². The highest BCUT2D eigenvalue weighted by Crippen LogP contribution is 2.19. The molecule has 0 saturated carbocycles. The maximum Gasteiger partial charge on any atom is 0.265 e. The molecule has 0 unspecified atom stereocenters. The Morgan fingerprint density at radius 1 is 1.27 bits per heavy atom. The highest BCUT2D eigenvalue weighted by molar-refractivity contribution is 7.08. The van der Waals surface area contributed by atoms with E-state index in [1.54, 1.807) is 0 Å². The van der Waals surface area contributed by atoms with Crippen LogP contribution in [-0.4, -0.2) is 51.6 Å². The van der Waals surface area contributed by atoms with E-state index in [9.17, 15) is 4.79 Å². The Bertz CT molecular complexity index is 742. The van der Waals surface area contributed by atoms with Gasteiger partial charge in [-0.05, 0) is 37.7 Å². The SMILES string of the molecule is CCCc1nnsc1C(=O)NCCNc1nc(C)cc(N2CCCC2)n1. The van der Waals surface area contributed by atoms with Gasteiger partial charge in [0.25, 0.3) is 5.91 Å². The summed E-state index contributed by atoms with van der Waals surface area (Å²) in [6.07, 6.45) is 4.14. The highest BCUT2D eigenvalue weighted by atomic mass is 32.1. The first-order valence-corrected chi connectivity index (χ1v) is 9.88. The lowest BCUT2D eigenvalue weighted by molar-refractivity contribution is 0.0958. The maximum absolute atomic E-state index is 12.2. The molecule has 1 saturated heterocycles. The summed E-state index contributed by atoms with van der Waals surface area (Å²) < 4.78 is 3.89. The van der Waals surface area contributed by atoms with Gasteiger partial charge in [0, 0.05) is 37.9 Å². The predicted molar refractivity (Wildman–Crippen MR) is 103 cm³/mol. The van der Waals surface area contributed by atoms with E-state index in [4.69, 9.17) is 0 Å². The van der Waals surface area contributed by atoms with Crippen LogP contribution in [0.25, 0.3) is 0 Å². The van der Waals surface area contributed by atoms with Gasteiger partial charge in [-0.3, -0.25) is 4.79 Å². The van der Waals surface area contributed by atoms with Crippen LogP contribution in [0.5, 0.6) is 0 Å². The van der Waals surface area contributed by atoms with Crippen molar-refractivity contribution in [2.45, 2.75) is 39.5 Å². The molecule has 1 aliphatic heterocycles. The zero-order valence-corrected chi connectivity index (χ0v) is 16.1. The first kappa shape index (κ1) is 18.5. The lowest BCUT2D eigenvalue weighted by Crippen LogP contribution is -2.29. The Morgan fingerprint density at radius 2 is 2.08 bits per heavy atom. The number of nitrogens with zero attached hydrogens (tertiary/aromatic N) is 5. The standard InChI is InChI=1S/C17H25N7OS/c1-3-6-13-15(26-23-22-13)16(25)18-7-8-19-17-20-12(2)11-14(21-17)24-9-4-5-10-24/h11H,3-10H2,1-2H3,(H,18,25)(H,19,20,21). The summed E-state index contributed by atoms with van der Waals surface area (Å²) in [5.74, 6) is 1.46. The minimum Gasteiger partial charge on any atom is -0.356 e. The summed E-state index contributed by atoms with van der Waals surface area (Å²) in [4.78, 5) is 24.2. The molecule has 3 rings (SSSR count). The molecule has 26 heavy (non-hydrogen) atoms. The topological polar surface area (TPSA) is 95.9 Å². The lowest BCUT2D eigenvalue weighted by atomic mass is 10.2. The van der Waals surface area contributed by atoms with Gasteiger partial charge in [-0.1, -0.05) is 17.8 Å². The summed E-state index contributed by atoms with van der Waals surface area (Å²) >= 11 is 1.15. The first-order valence-electron chi connectivity index (χ1n) is 9.11. The van der Waals surface area contributed by atoms with Crippen molar-refractivity contribution in [2.75, 3.05) is 36.4 Å². The number of aryl methyl sites for hydroxylation is 2. The fourth-order valence-corrected chi connectivity index (χ4v) is 3.58. The van der Waals surface area contributed by atoms with Crippen LogP contribution < -0.4 is 15.5 Å². The fraction of sp³-hybridized carbons (Fsp3) is 0.588. The van der Waals surface area contributed by atoms with Crippen molar-refractivity contribution in [3.8, 4) is 0 Å². The molecule has 2 aromatic rings. The lowest BCUT2D eigenvalue weighted by Gasteiger charge is -2.17. The van der Waals surface area contributed by atoms with E-state index in [2.05, 4.69) is 42.0 Å². The molecule has 1 amide bonds. The molecule has 3 heterocycles. The van der Waals surface area contributed by atoms with Crippen LogP contribution in [0.4, 0.5) is 11.8 Å². The van der Waals surface area contributed by atoms with Crippen LogP contribution in [0.2, 0.25) is 0 Å². The second kappa shape index (κ2) is 8.88. The molecule has 2 aromatic heterocycles. The van der Waals surface area contributed by atoms with Gasteiger partial charge in [0.1, 0.15) is 10.7 Å². The zero-order valence-electron chi connectivity index (χ0n) is 15.3. The smallest absolute Gasteiger partial charge is 0.265 e. The molecule has 0 aliphatic carbocycles. The maximum atomic E-state index is 12.2. The molecule has 0 aromatic carbocycles. The van der Waals surface area contributed by atoms with Crippen molar-refractivity contribution >= 4 is 29.2 Å². The number of aromatic nitrogens is 4. The summed E-state index contributed by atoms with van der Waals surface area (Å²) in [6, 6.07) is 2.02. The van der Waals surface area contributed by atoms with Crippen LogP contribution in [0.3, 0.4) is 0 Å². The Labute approximate surface area is 157 Å². The van der Waals surface area contributed by atoms with Crippen molar-refractivity contribution < 1.29 is 4.79 Å². The van der Waals surface area contributed by atoms with E-state index < -0.39 is 0 Å². The summed E-state index contributed by atoms with van der Waals surface area (Å²) in [5.41, 5.74) is 1.72. The Kier molecular flexibility index (Phi) is 6.32. The summed E-state index contributed by atoms with van der Waals surface area (Å²) in [5, 5.41) is 10.1. The average molecular weight is 376 g/mol. The normalized spacial score (nSPS) is 13.8. The van der Waals surface area contributed by atoms with Gasteiger partial charge in [-0.15, -0.1) is 5.10 Å². The van der Waals surface area contributed by atoms with Crippen LogP contribution in [-0.2, 0) is 6.42 Å². The van der Waals surface area contributed by atoms with Gasteiger partial charge in [0.05, 0.1) is 5.69 Å².